The Morgan fingerprint density at radius 2 is 1.88 bits per heavy atom. The summed E-state index contributed by atoms with van der Waals surface area (Å²) in [5.74, 6) is 0.738. The van der Waals surface area contributed by atoms with Crippen molar-refractivity contribution in [2.45, 2.75) is 13.3 Å². The molecule has 0 spiro atoms. The molecule has 2 rings (SSSR count). The molecule has 0 unspecified atom stereocenters. The van der Waals surface area contributed by atoms with Crippen LogP contribution in [0.15, 0.2) is 36.7 Å². The van der Waals surface area contributed by atoms with Crippen LogP contribution in [0, 0.1) is 0 Å². The Labute approximate surface area is 106 Å². The standard InChI is InChI=1S/C13H14ClN3/c1-3-10-4-6-11(7-5-10)17(2)13-9-15-8-12(14)16-13/h4-9H,3H2,1-2H3. The molecule has 3 nitrogen and oxygen atoms in total. The number of hydrogen-bond donors (Lipinski definition) is 0. The Morgan fingerprint density at radius 3 is 2.47 bits per heavy atom. The van der Waals surface area contributed by atoms with E-state index in [4.69, 9.17) is 11.6 Å². The van der Waals surface area contributed by atoms with Crippen LogP contribution >= 0.6 is 11.6 Å². The molecule has 0 N–H and O–H groups in total. The predicted octanol–water partition coefficient (Wildman–Crippen LogP) is 3.46. The number of aryl methyl sites for hydroxylation is 1. The van der Waals surface area contributed by atoms with Crippen molar-refractivity contribution in [1.82, 2.24) is 9.97 Å². The maximum absolute atomic E-state index is 5.82. The minimum Gasteiger partial charge on any atom is -0.328 e. The van der Waals surface area contributed by atoms with E-state index in [2.05, 4.69) is 41.2 Å². The fourth-order valence-electron chi connectivity index (χ4n) is 1.58. The average molecular weight is 248 g/mol. The van der Waals surface area contributed by atoms with Crippen LogP contribution < -0.4 is 4.90 Å². The Hall–Kier alpha value is -1.61. The molecule has 0 atom stereocenters. The van der Waals surface area contributed by atoms with Gasteiger partial charge in [0.15, 0.2) is 5.82 Å². The van der Waals surface area contributed by atoms with Gasteiger partial charge in [0.05, 0.1) is 12.4 Å². The van der Waals surface area contributed by atoms with Gasteiger partial charge >= 0.3 is 0 Å². The molecule has 2 aromatic rings. The minimum absolute atomic E-state index is 0.402. The first-order valence-corrected chi connectivity index (χ1v) is 5.88. The minimum atomic E-state index is 0.402. The summed E-state index contributed by atoms with van der Waals surface area (Å²) in [5, 5.41) is 0.402. The summed E-state index contributed by atoms with van der Waals surface area (Å²) in [6.07, 6.45) is 4.26. The molecule has 0 bridgehead atoms. The zero-order valence-corrected chi connectivity index (χ0v) is 10.6. The van der Waals surface area contributed by atoms with Gasteiger partial charge in [-0.1, -0.05) is 30.7 Å². The highest BCUT2D eigenvalue weighted by Crippen LogP contribution is 2.22. The van der Waals surface area contributed by atoms with E-state index >= 15 is 0 Å². The van der Waals surface area contributed by atoms with Gasteiger partial charge < -0.3 is 4.90 Å². The van der Waals surface area contributed by atoms with Crippen molar-refractivity contribution < 1.29 is 0 Å². The lowest BCUT2D eigenvalue weighted by atomic mass is 10.1. The van der Waals surface area contributed by atoms with E-state index in [1.54, 1.807) is 6.20 Å². The molecule has 0 radical (unpaired) electrons. The summed E-state index contributed by atoms with van der Waals surface area (Å²) in [6, 6.07) is 8.37. The quantitative estimate of drug-likeness (QED) is 0.832. The normalized spacial score (nSPS) is 10.3. The van der Waals surface area contributed by atoms with Crippen molar-refractivity contribution in [3.05, 3.63) is 47.4 Å². The van der Waals surface area contributed by atoms with Gasteiger partial charge in [-0.25, -0.2) is 4.98 Å². The molecular weight excluding hydrogens is 234 g/mol. The highest BCUT2D eigenvalue weighted by Gasteiger charge is 2.06. The van der Waals surface area contributed by atoms with Crippen LogP contribution in [-0.4, -0.2) is 17.0 Å². The lowest BCUT2D eigenvalue weighted by Crippen LogP contribution is -2.11. The van der Waals surface area contributed by atoms with Gasteiger partial charge in [0.2, 0.25) is 0 Å². The third-order valence-corrected chi connectivity index (χ3v) is 2.85. The highest BCUT2D eigenvalue weighted by atomic mass is 35.5. The van der Waals surface area contributed by atoms with Gasteiger partial charge in [0.25, 0.3) is 0 Å². The molecular formula is C13H14ClN3. The van der Waals surface area contributed by atoms with Crippen molar-refractivity contribution in [3.8, 4) is 0 Å². The van der Waals surface area contributed by atoms with Gasteiger partial charge in [-0.2, -0.15) is 0 Å². The number of rotatable bonds is 3. The van der Waals surface area contributed by atoms with Crippen LogP contribution in [0.5, 0.6) is 0 Å². The van der Waals surface area contributed by atoms with E-state index in [9.17, 15) is 0 Å². The second kappa shape index (κ2) is 5.15. The zero-order valence-electron chi connectivity index (χ0n) is 9.89. The first-order valence-electron chi connectivity index (χ1n) is 5.51. The summed E-state index contributed by atoms with van der Waals surface area (Å²) < 4.78 is 0. The number of benzene rings is 1. The topological polar surface area (TPSA) is 29.0 Å². The number of nitrogens with zero attached hydrogens (tertiary/aromatic N) is 3. The molecule has 1 aromatic heterocycles. The largest absolute Gasteiger partial charge is 0.328 e. The number of anilines is 2. The van der Waals surface area contributed by atoms with Crippen molar-refractivity contribution in [3.63, 3.8) is 0 Å². The Bertz CT molecular complexity index is 496. The molecule has 88 valence electrons. The molecule has 17 heavy (non-hydrogen) atoms. The Kier molecular flexibility index (Phi) is 3.59. The highest BCUT2D eigenvalue weighted by molar-refractivity contribution is 6.29. The van der Waals surface area contributed by atoms with E-state index in [-0.39, 0.29) is 0 Å². The summed E-state index contributed by atoms with van der Waals surface area (Å²) in [4.78, 5) is 10.2. The first kappa shape index (κ1) is 11.9. The molecule has 0 saturated carbocycles. The van der Waals surface area contributed by atoms with Gasteiger partial charge in [0, 0.05) is 12.7 Å². The molecule has 0 fully saturated rings. The second-order valence-electron chi connectivity index (χ2n) is 3.78. The lowest BCUT2D eigenvalue weighted by Gasteiger charge is -2.18. The number of hydrogen-bond acceptors (Lipinski definition) is 3. The Morgan fingerprint density at radius 1 is 1.18 bits per heavy atom. The molecule has 1 aromatic carbocycles. The second-order valence-corrected chi connectivity index (χ2v) is 4.17. The molecule has 0 aliphatic carbocycles. The molecule has 0 saturated heterocycles. The summed E-state index contributed by atoms with van der Waals surface area (Å²) >= 11 is 5.82. The third-order valence-electron chi connectivity index (χ3n) is 2.67. The molecule has 0 aliphatic rings. The smallest absolute Gasteiger partial charge is 0.153 e. The SMILES string of the molecule is CCc1ccc(N(C)c2cncc(Cl)n2)cc1. The van der Waals surface area contributed by atoms with Crippen molar-refractivity contribution in [2.75, 3.05) is 11.9 Å². The third kappa shape index (κ3) is 2.74. The van der Waals surface area contributed by atoms with Gasteiger partial charge in [-0.05, 0) is 24.1 Å². The average Bonchev–Trinajstić information content (AvgIpc) is 2.38. The lowest BCUT2D eigenvalue weighted by molar-refractivity contribution is 1.08. The van der Waals surface area contributed by atoms with Crippen LogP contribution in [-0.2, 0) is 6.42 Å². The van der Waals surface area contributed by atoms with Crippen LogP contribution in [0.1, 0.15) is 12.5 Å². The molecule has 0 aliphatic heterocycles. The summed E-state index contributed by atoms with van der Waals surface area (Å²) in [7, 11) is 1.95. The van der Waals surface area contributed by atoms with Crippen molar-refractivity contribution in [2.24, 2.45) is 0 Å². The van der Waals surface area contributed by atoms with Crippen molar-refractivity contribution >= 4 is 23.1 Å². The van der Waals surface area contributed by atoms with Crippen molar-refractivity contribution in [1.29, 1.82) is 0 Å². The van der Waals surface area contributed by atoms with Gasteiger partial charge in [-0.3, -0.25) is 4.98 Å². The van der Waals surface area contributed by atoms with E-state index in [0.717, 1.165) is 17.9 Å². The van der Waals surface area contributed by atoms with Crippen LogP contribution in [0.2, 0.25) is 5.15 Å². The van der Waals surface area contributed by atoms with Gasteiger partial charge in [0.1, 0.15) is 5.15 Å². The predicted molar refractivity (Wildman–Crippen MR) is 70.9 cm³/mol. The van der Waals surface area contributed by atoms with Crippen LogP contribution in [0.4, 0.5) is 11.5 Å². The maximum Gasteiger partial charge on any atom is 0.153 e. The zero-order chi connectivity index (χ0) is 12.3. The maximum atomic E-state index is 5.82. The van der Waals surface area contributed by atoms with Crippen LogP contribution in [0.25, 0.3) is 0 Å². The van der Waals surface area contributed by atoms with E-state index in [1.165, 1.54) is 11.8 Å². The molecule has 4 heteroatoms. The van der Waals surface area contributed by atoms with Gasteiger partial charge in [-0.15, -0.1) is 0 Å². The van der Waals surface area contributed by atoms with Crippen LogP contribution in [0.3, 0.4) is 0 Å². The van der Waals surface area contributed by atoms with E-state index < -0.39 is 0 Å². The fourth-order valence-corrected chi connectivity index (χ4v) is 1.72. The Balaban J connectivity index is 2.27. The molecule has 0 amide bonds. The number of aromatic nitrogens is 2. The fraction of sp³-hybridized carbons (Fsp3) is 0.231. The first-order chi connectivity index (χ1) is 8.20. The monoisotopic (exact) mass is 247 g/mol. The van der Waals surface area contributed by atoms with E-state index in [1.807, 2.05) is 11.9 Å². The summed E-state index contributed by atoms with van der Waals surface area (Å²) in [5.41, 5.74) is 2.39. The molecule has 1 heterocycles. The number of halogens is 1. The summed E-state index contributed by atoms with van der Waals surface area (Å²) in [6.45, 7) is 2.14. The van der Waals surface area contributed by atoms with E-state index in [0.29, 0.717) is 5.15 Å².